The fourth-order valence-corrected chi connectivity index (χ4v) is 2.52. The van der Waals surface area contributed by atoms with Crippen molar-refractivity contribution >= 4 is 28.7 Å². The van der Waals surface area contributed by atoms with Crippen molar-refractivity contribution in [3.05, 3.63) is 34.5 Å². The maximum Gasteiger partial charge on any atom is 0.207 e. The van der Waals surface area contributed by atoms with Crippen molar-refractivity contribution in [2.75, 3.05) is 5.73 Å². The normalized spacial score (nSPS) is 11.4. The Morgan fingerprint density at radius 3 is 2.74 bits per heavy atom. The summed E-state index contributed by atoms with van der Waals surface area (Å²) in [6.45, 7) is 3.93. The summed E-state index contributed by atoms with van der Waals surface area (Å²) < 4.78 is 3.67. The lowest BCUT2D eigenvalue weighted by Crippen LogP contribution is -2.06. The first-order chi connectivity index (χ1) is 8.99. The average Bonchev–Trinajstić information content (AvgIpc) is 2.81. The number of nitrogen functional groups attached to an aromatic ring is 1. The molecule has 0 radical (unpaired) electrons. The predicted octanol–water partition coefficient (Wildman–Crippen LogP) is 2.61. The molecule has 0 spiro atoms. The van der Waals surface area contributed by atoms with E-state index in [4.69, 9.17) is 17.3 Å². The molecule has 0 atom stereocenters. The SMILES string of the molecule is Cc1ccc(Cl)cc1-n1c(N)nc2c(C)nn(C)c21. The predicted molar refractivity (Wildman–Crippen MR) is 76.7 cm³/mol. The summed E-state index contributed by atoms with van der Waals surface area (Å²) in [6, 6.07) is 5.71. The minimum atomic E-state index is 0.441. The molecule has 19 heavy (non-hydrogen) atoms. The molecule has 0 aliphatic rings. The standard InChI is InChI=1S/C13H14ClN5/c1-7-4-5-9(14)6-10(7)19-12-11(16-13(19)15)8(2)17-18(12)3/h4-6H,1-3H3,(H2,15,16). The van der Waals surface area contributed by atoms with Crippen LogP contribution in [0.4, 0.5) is 5.95 Å². The number of imidazole rings is 1. The molecule has 0 fully saturated rings. The highest BCUT2D eigenvalue weighted by Gasteiger charge is 2.18. The van der Waals surface area contributed by atoms with E-state index in [1.165, 1.54) is 0 Å². The fourth-order valence-electron chi connectivity index (χ4n) is 2.35. The smallest absolute Gasteiger partial charge is 0.207 e. The third-order valence-electron chi connectivity index (χ3n) is 3.24. The van der Waals surface area contributed by atoms with Crippen LogP contribution in [-0.4, -0.2) is 19.3 Å². The Hall–Kier alpha value is -2.01. The number of nitrogens with zero attached hydrogens (tertiary/aromatic N) is 4. The molecule has 5 nitrogen and oxygen atoms in total. The van der Waals surface area contributed by atoms with Gasteiger partial charge >= 0.3 is 0 Å². The molecule has 0 amide bonds. The molecule has 3 rings (SSSR count). The number of fused-ring (bicyclic) bond motifs is 1. The van der Waals surface area contributed by atoms with E-state index in [0.717, 1.165) is 28.1 Å². The lowest BCUT2D eigenvalue weighted by atomic mass is 10.2. The molecule has 0 saturated carbocycles. The van der Waals surface area contributed by atoms with Crippen molar-refractivity contribution < 1.29 is 0 Å². The molecule has 2 aromatic heterocycles. The molecule has 6 heteroatoms. The lowest BCUT2D eigenvalue weighted by Gasteiger charge is -2.10. The van der Waals surface area contributed by atoms with Gasteiger partial charge in [-0.25, -0.2) is 9.67 Å². The summed E-state index contributed by atoms with van der Waals surface area (Å²) in [5, 5.41) is 5.04. The van der Waals surface area contributed by atoms with Crippen molar-refractivity contribution in [1.29, 1.82) is 0 Å². The van der Waals surface area contributed by atoms with Crippen LogP contribution in [0.5, 0.6) is 0 Å². The Bertz CT molecular complexity index is 784. The van der Waals surface area contributed by atoms with Crippen molar-refractivity contribution in [3.8, 4) is 5.69 Å². The van der Waals surface area contributed by atoms with Crippen molar-refractivity contribution in [3.63, 3.8) is 0 Å². The number of rotatable bonds is 1. The lowest BCUT2D eigenvalue weighted by molar-refractivity contribution is 0.762. The van der Waals surface area contributed by atoms with E-state index in [-0.39, 0.29) is 0 Å². The zero-order valence-electron chi connectivity index (χ0n) is 11.0. The summed E-state index contributed by atoms with van der Waals surface area (Å²) in [7, 11) is 1.88. The van der Waals surface area contributed by atoms with E-state index in [0.29, 0.717) is 11.0 Å². The summed E-state index contributed by atoms with van der Waals surface area (Å²) in [5.74, 6) is 0.441. The maximum absolute atomic E-state index is 6.09. The van der Waals surface area contributed by atoms with E-state index in [2.05, 4.69) is 10.1 Å². The van der Waals surface area contributed by atoms with Gasteiger partial charge in [-0.2, -0.15) is 5.10 Å². The number of aromatic nitrogens is 4. The van der Waals surface area contributed by atoms with Crippen LogP contribution < -0.4 is 5.73 Å². The third kappa shape index (κ3) is 1.69. The number of halogens is 1. The molecule has 0 bridgehead atoms. The largest absolute Gasteiger partial charge is 0.369 e. The van der Waals surface area contributed by atoms with Gasteiger partial charge in [0.2, 0.25) is 5.95 Å². The van der Waals surface area contributed by atoms with Crippen LogP contribution in [-0.2, 0) is 7.05 Å². The first-order valence-corrected chi connectivity index (χ1v) is 6.31. The van der Waals surface area contributed by atoms with Gasteiger partial charge in [0.15, 0.2) is 5.65 Å². The zero-order chi connectivity index (χ0) is 13.7. The van der Waals surface area contributed by atoms with Crippen LogP contribution in [0.25, 0.3) is 16.9 Å². The van der Waals surface area contributed by atoms with Gasteiger partial charge in [0.1, 0.15) is 5.52 Å². The van der Waals surface area contributed by atoms with Crippen LogP contribution in [0.15, 0.2) is 18.2 Å². The van der Waals surface area contributed by atoms with E-state index in [1.54, 1.807) is 4.68 Å². The Morgan fingerprint density at radius 2 is 2.00 bits per heavy atom. The van der Waals surface area contributed by atoms with E-state index in [9.17, 15) is 0 Å². The van der Waals surface area contributed by atoms with Crippen molar-refractivity contribution in [2.24, 2.45) is 7.05 Å². The van der Waals surface area contributed by atoms with Crippen LogP contribution in [0.2, 0.25) is 5.02 Å². The number of hydrogen-bond acceptors (Lipinski definition) is 3. The quantitative estimate of drug-likeness (QED) is 0.742. The highest BCUT2D eigenvalue weighted by atomic mass is 35.5. The summed E-state index contributed by atoms with van der Waals surface area (Å²) >= 11 is 6.09. The van der Waals surface area contributed by atoms with Crippen LogP contribution in [0.3, 0.4) is 0 Å². The van der Waals surface area contributed by atoms with Gasteiger partial charge in [-0.3, -0.25) is 4.57 Å². The third-order valence-corrected chi connectivity index (χ3v) is 3.48. The Kier molecular flexibility index (Phi) is 2.53. The topological polar surface area (TPSA) is 61.7 Å². The van der Waals surface area contributed by atoms with Crippen LogP contribution in [0.1, 0.15) is 11.3 Å². The van der Waals surface area contributed by atoms with Gasteiger partial charge in [-0.15, -0.1) is 0 Å². The molecule has 2 N–H and O–H groups in total. The van der Waals surface area contributed by atoms with Gasteiger partial charge in [-0.1, -0.05) is 17.7 Å². The van der Waals surface area contributed by atoms with E-state index >= 15 is 0 Å². The second kappa shape index (κ2) is 3.99. The van der Waals surface area contributed by atoms with Crippen molar-refractivity contribution in [1.82, 2.24) is 19.3 Å². The number of aryl methyl sites for hydroxylation is 3. The average molecular weight is 276 g/mol. The Morgan fingerprint density at radius 1 is 1.26 bits per heavy atom. The monoisotopic (exact) mass is 275 g/mol. The number of anilines is 1. The second-order valence-corrected chi connectivity index (χ2v) is 5.05. The fraction of sp³-hybridized carbons (Fsp3) is 0.231. The molecule has 2 heterocycles. The summed E-state index contributed by atoms with van der Waals surface area (Å²) in [5.41, 5.74) is 10.6. The molecule has 1 aromatic carbocycles. The van der Waals surface area contributed by atoms with Crippen LogP contribution >= 0.6 is 11.6 Å². The van der Waals surface area contributed by atoms with Gasteiger partial charge in [0.05, 0.1) is 11.4 Å². The highest BCUT2D eigenvalue weighted by Crippen LogP contribution is 2.28. The van der Waals surface area contributed by atoms with Crippen LogP contribution in [0, 0.1) is 13.8 Å². The number of hydrogen-bond donors (Lipinski definition) is 1. The first-order valence-electron chi connectivity index (χ1n) is 5.93. The minimum absolute atomic E-state index is 0.441. The second-order valence-electron chi connectivity index (χ2n) is 4.62. The van der Waals surface area contributed by atoms with E-state index in [1.807, 2.05) is 43.7 Å². The van der Waals surface area contributed by atoms with Gasteiger partial charge in [0.25, 0.3) is 0 Å². The first kappa shape index (κ1) is 12.0. The van der Waals surface area contributed by atoms with Crippen molar-refractivity contribution in [2.45, 2.75) is 13.8 Å². The molecular weight excluding hydrogens is 262 g/mol. The Labute approximate surface area is 115 Å². The molecule has 0 aliphatic carbocycles. The summed E-state index contributed by atoms with van der Waals surface area (Å²) in [6.07, 6.45) is 0. The molecular formula is C13H14ClN5. The maximum atomic E-state index is 6.09. The summed E-state index contributed by atoms with van der Waals surface area (Å²) in [4.78, 5) is 4.39. The Balaban J connectivity index is 2.42. The minimum Gasteiger partial charge on any atom is -0.369 e. The molecule has 3 aromatic rings. The zero-order valence-corrected chi connectivity index (χ0v) is 11.7. The molecule has 0 aliphatic heterocycles. The number of nitrogens with two attached hydrogens (primary N) is 1. The molecule has 0 unspecified atom stereocenters. The van der Waals surface area contributed by atoms with Gasteiger partial charge in [0, 0.05) is 12.1 Å². The van der Waals surface area contributed by atoms with E-state index < -0.39 is 0 Å². The number of benzene rings is 1. The molecule has 98 valence electrons. The van der Waals surface area contributed by atoms with Gasteiger partial charge < -0.3 is 5.73 Å². The highest BCUT2D eigenvalue weighted by molar-refractivity contribution is 6.30. The molecule has 0 saturated heterocycles. The van der Waals surface area contributed by atoms with Gasteiger partial charge in [-0.05, 0) is 31.5 Å².